The van der Waals surface area contributed by atoms with Gasteiger partial charge in [-0.15, -0.1) is 0 Å². The number of ether oxygens (including phenoxy) is 1. The van der Waals surface area contributed by atoms with E-state index >= 15 is 0 Å². The molecule has 3 amide bonds. The summed E-state index contributed by atoms with van der Waals surface area (Å²) in [5, 5.41) is 5.77. The van der Waals surface area contributed by atoms with E-state index in [4.69, 9.17) is 4.74 Å². The lowest BCUT2D eigenvalue weighted by Gasteiger charge is -2.23. The van der Waals surface area contributed by atoms with Crippen molar-refractivity contribution in [2.45, 2.75) is 51.1 Å². The third-order valence-corrected chi connectivity index (χ3v) is 4.57. The Bertz CT molecular complexity index is 554. The summed E-state index contributed by atoms with van der Waals surface area (Å²) in [7, 11) is 3.40. The lowest BCUT2D eigenvalue weighted by atomic mass is 9.96. The van der Waals surface area contributed by atoms with Crippen molar-refractivity contribution < 1.29 is 14.3 Å². The summed E-state index contributed by atoms with van der Waals surface area (Å²) in [6.07, 6.45) is 6.02. The number of methoxy groups -OCH3 is 1. The maximum Gasteiger partial charge on any atom is 0.315 e. The molecule has 1 fully saturated rings. The van der Waals surface area contributed by atoms with Crippen LogP contribution in [0, 0.1) is 0 Å². The minimum Gasteiger partial charge on any atom is -0.497 e. The van der Waals surface area contributed by atoms with Gasteiger partial charge in [0.25, 0.3) is 0 Å². The Morgan fingerprint density at radius 1 is 1.16 bits per heavy atom. The minimum absolute atomic E-state index is 0.00813. The number of urea groups is 1. The zero-order valence-electron chi connectivity index (χ0n) is 15.2. The Labute approximate surface area is 149 Å². The predicted octanol–water partition coefficient (Wildman–Crippen LogP) is 2.68. The number of hydrogen-bond donors (Lipinski definition) is 2. The first-order valence-electron chi connectivity index (χ1n) is 8.99. The zero-order valence-corrected chi connectivity index (χ0v) is 15.2. The number of hydrogen-bond acceptors (Lipinski definition) is 3. The highest BCUT2D eigenvalue weighted by molar-refractivity contribution is 5.78. The Balaban J connectivity index is 1.65. The first-order chi connectivity index (χ1) is 12.1. The predicted molar refractivity (Wildman–Crippen MR) is 97.5 cm³/mol. The molecule has 6 nitrogen and oxygen atoms in total. The fourth-order valence-corrected chi connectivity index (χ4v) is 3.05. The van der Waals surface area contributed by atoms with Crippen LogP contribution in [0.25, 0.3) is 0 Å². The fraction of sp³-hybridized carbons (Fsp3) is 0.579. The van der Waals surface area contributed by atoms with E-state index in [9.17, 15) is 9.59 Å². The molecule has 0 aliphatic heterocycles. The third kappa shape index (κ3) is 6.64. The number of benzene rings is 1. The molecular formula is C19H29N3O3. The molecule has 0 saturated heterocycles. The van der Waals surface area contributed by atoms with Gasteiger partial charge >= 0.3 is 6.03 Å². The largest absolute Gasteiger partial charge is 0.497 e. The van der Waals surface area contributed by atoms with Gasteiger partial charge in [0, 0.05) is 32.6 Å². The molecule has 6 heteroatoms. The smallest absolute Gasteiger partial charge is 0.315 e. The molecule has 2 N–H and O–H groups in total. The molecule has 0 spiro atoms. The Kier molecular flexibility index (Phi) is 7.57. The number of nitrogens with zero attached hydrogens (tertiary/aromatic N) is 1. The van der Waals surface area contributed by atoms with Gasteiger partial charge in [-0.2, -0.15) is 0 Å². The highest BCUT2D eigenvalue weighted by Gasteiger charge is 2.16. The SMILES string of the molecule is COc1ccc(CN(C)C(=O)CCNC(=O)NC2CCCCC2)cc1. The van der Waals surface area contributed by atoms with Gasteiger partial charge in [0.15, 0.2) is 0 Å². The van der Waals surface area contributed by atoms with Gasteiger partial charge < -0.3 is 20.3 Å². The Morgan fingerprint density at radius 2 is 1.84 bits per heavy atom. The first kappa shape index (κ1) is 19.1. The maximum atomic E-state index is 12.2. The molecule has 1 aliphatic carbocycles. The van der Waals surface area contributed by atoms with Crippen LogP contribution in [0.5, 0.6) is 5.75 Å². The quantitative estimate of drug-likeness (QED) is 0.797. The highest BCUT2D eigenvalue weighted by Crippen LogP contribution is 2.17. The van der Waals surface area contributed by atoms with Gasteiger partial charge in [-0.3, -0.25) is 4.79 Å². The van der Waals surface area contributed by atoms with Crippen molar-refractivity contribution in [2.24, 2.45) is 0 Å². The highest BCUT2D eigenvalue weighted by atomic mass is 16.5. The van der Waals surface area contributed by atoms with Crippen molar-refractivity contribution >= 4 is 11.9 Å². The van der Waals surface area contributed by atoms with Gasteiger partial charge in [-0.1, -0.05) is 31.4 Å². The summed E-state index contributed by atoms with van der Waals surface area (Å²) in [6.45, 7) is 0.890. The standard InChI is InChI=1S/C19H29N3O3/c1-22(14-15-8-10-17(25-2)11-9-15)18(23)12-13-20-19(24)21-16-6-4-3-5-7-16/h8-11,16H,3-7,12-14H2,1-2H3,(H2,20,21,24). The Morgan fingerprint density at radius 3 is 2.48 bits per heavy atom. The van der Waals surface area contributed by atoms with Crippen molar-refractivity contribution in [3.05, 3.63) is 29.8 Å². The molecule has 0 radical (unpaired) electrons. The van der Waals surface area contributed by atoms with E-state index in [0.29, 0.717) is 19.5 Å². The lowest BCUT2D eigenvalue weighted by Crippen LogP contribution is -2.43. The minimum atomic E-state index is -0.169. The number of amides is 3. The molecule has 1 saturated carbocycles. The monoisotopic (exact) mass is 347 g/mol. The van der Waals surface area contributed by atoms with E-state index < -0.39 is 0 Å². The van der Waals surface area contributed by atoms with Gasteiger partial charge in [-0.05, 0) is 30.5 Å². The normalized spacial score (nSPS) is 14.6. The number of nitrogens with one attached hydrogen (secondary N) is 2. The summed E-state index contributed by atoms with van der Waals surface area (Å²) in [5.74, 6) is 0.805. The van der Waals surface area contributed by atoms with E-state index in [1.54, 1.807) is 19.1 Å². The molecule has 0 unspecified atom stereocenters. The van der Waals surface area contributed by atoms with E-state index in [-0.39, 0.29) is 18.0 Å². The molecule has 0 bridgehead atoms. The van der Waals surface area contributed by atoms with Crippen molar-refractivity contribution in [1.29, 1.82) is 0 Å². The average Bonchev–Trinajstić information content (AvgIpc) is 2.63. The van der Waals surface area contributed by atoms with Gasteiger partial charge in [-0.25, -0.2) is 4.79 Å². The van der Waals surface area contributed by atoms with Crippen LogP contribution in [0.15, 0.2) is 24.3 Å². The fourth-order valence-electron chi connectivity index (χ4n) is 3.05. The van der Waals surface area contributed by atoms with Crippen LogP contribution in [0.3, 0.4) is 0 Å². The number of carbonyl (C=O) groups is 2. The molecule has 1 aromatic rings. The van der Waals surface area contributed by atoms with Crippen molar-refractivity contribution in [3.8, 4) is 5.75 Å². The molecule has 0 heterocycles. The molecule has 138 valence electrons. The van der Waals surface area contributed by atoms with Gasteiger partial charge in [0.2, 0.25) is 5.91 Å². The maximum absolute atomic E-state index is 12.2. The van der Waals surface area contributed by atoms with Crippen LogP contribution < -0.4 is 15.4 Å². The first-order valence-corrected chi connectivity index (χ1v) is 8.99. The third-order valence-electron chi connectivity index (χ3n) is 4.57. The zero-order chi connectivity index (χ0) is 18.1. The summed E-state index contributed by atoms with van der Waals surface area (Å²) in [6, 6.07) is 7.76. The lowest BCUT2D eigenvalue weighted by molar-refractivity contribution is -0.130. The second kappa shape index (κ2) is 9.91. The van der Waals surface area contributed by atoms with Crippen LogP contribution >= 0.6 is 0 Å². The second-order valence-electron chi connectivity index (χ2n) is 6.58. The van der Waals surface area contributed by atoms with Crippen LogP contribution in [-0.2, 0) is 11.3 Å². The number of carbonyl (C=O) groups excluding carboxylic acids is 2. The summed E-state index contributed by atoms with van der Waals surface area (Å²) in [5.41, 5.74) is 1.04. The van der Waals surface area contributed by atoms with Crippen LogP contribution in [0.2, 0.25) is 0 Å². The topological polar surface area (TPSA) is 70.7 Å². The molecule has 25 heavy (non-hydrogen) atoms. The molecule has 0 aromatic heterocycles. The average molecular weight is 347 g/mol. The van der Waals surface area contributed by atoms with E-state index in [2.05, 4.69) is 10.6 Å². The number of rotatable bonds is 7. The molecule has 2 rings (SSSR count). The van der Waals surface area contributed by atoms with Crippen molar-refractivity contribution in [3.63, 3.8) is 0 Å². The van der Waals surface area contributed by atoms with Crippen LogP contribution in [0.4, 0.5) is 4.79 Å². The van der Waals surface area contributed by atoms with Gasteiger partial charge in [0.05, 0.1) is 7.11 Å². The second-order valence-corrected chi connectivity index (χ2v) is 6.58. The molecule has 0 atom stereocenters. The van der Waals surface area contributed by atoms with Gasteiger partial charge in [0.1, 0.15) is 5.75 Å². The van der Waals surface area contributed by atoms with E-state index in [1.807, 2.05) is 24.3 Å². The Hall–Kier alpha value is -2.24. The molecular weight excluding hydrogens is 318 g/mol. The van der Waals surface area contributed by atoms with E-state index in [1.165, 1.54) is 19.3 Å². The molecule has 1 aromatic carbocycles. The summed E-state index contributed by atoms with van der Waals surface area (Å²) < 4.78 is 5.12. The summed E-state index contributed by atoms with van der Waals surface area (Å²) >= 11 is 0. The van der Waals surface area contributed by atoms with Crippen molar-refractivity contribution in [1.82, 2.24) is 15.5 Å². The van der Waals surface area contributed by atoms with Crippen LogP contribution in [0.1, 0.15) is 44.1 Å². The van der Waals surface area contributed by atoms with Crippen LogP contribution in [-0.4, -0.2) is 43.6 Å². The molecule has 1 aliphatic rings. The van der Waals surface area contributed by atoms with Crippen molar-refractivity contribution in [2.75, 3.05) is 20.7 Å². The van der Waals surface area contributed by atoms with E-state index in [0.717, 1.165) is 24.2 Å². The summed E-state index contributed by atoms with van der Waals surface area (Å²) in [4.78, 5) is 25.7.